The average molecular weight is 297 g/mol. The predicted octanol–water partition coefficient (Wildman–Crippen LogP) is 4.32. The first-order valence-electron chi connectivity index (χ1n) is 6.95. The van der Waals surface area contributed by atoms with E-state index in [9.17, 15) is 0 Å². The molecule has 0 aliphatic rings. The molecule has 0 aliphatic carbocycles. The third kappa shape index (κ3) is 3.02. The maximum absolute atomic E-state index is 6.43. The van der Waals surface area contributed by atoms with Crippen LogP contribution in [0.5, 0.6) is 0 Å². The summed E-state index contributed by atoms with van der Waals surface area (Å²) in [6.45, 7) is 1.34. The van der Waals surface area contributed by atoms with E-state index < -0.39 is 0 Å². The Morgan fingerprint density at radius 1 is 0.905 bits per heavy atom. The number of nitrogens with zero attached hydrogens (tertiary/aromatic N) is 1. The first-order valence-corrected chi connectivity index (χ1v) is 7.33. The number of halogens is 1. The summed E-state index contributed by atoms with van der Waals surface area (Å²) in [5.74, 6) is 0. The summed E-state index contributed by atoms with van der Waals surface area (Å²) in [6.07, 6.45) is 4.13. The second kappa shape index (κ2) is 6.17. The van der Waals surface area contributed by atoms with E-state index in [0.717, 1.165) is 22.7 Å². The Bertz CT molecular complexity index is 733. The van der Waals surface area contributed by atoms with Crippen LogP contribution in [0.1, 0.15) is 11.1 Å². The number of hydrogen-bond acceptors (Lipinski definition) is 1. The van der Waals surface area contributed by atoms with Crippen LogP contribution in [-0.4, -0.2) is 4.57 Å². The minimum Gasteiger partial charge on any atom is -0.350 e. The van der Waals surface area contributed by atoms with Crippen molar-refractivity contribution in [2.24, 2.45) is 5.73 Å². The Balaban J connectivity index is 2.02. The fourth-order valence-corrected chi connectivity index (χ4v) is 2.80. The first kappa shape index (κ1) is 13.9. The highest BCUT2D eigenvalue weighted by Crippen LogP contribution is 2.31. The molecule has 0 atom stereocenters. The molecule has 3 rings (SSSR count). The van der Waals surface area contributed by atoms with Crippen molar-refractivity contribution in [1.82, 2.24) is 4.57 Å². The van der Waals surface area contributed by atoms with Crippen molar-refractivity contribution < 1.29 is 0 Å². The highest BCUT2D eigenvalue weighted by atomic mass is 35.5. The van der Waals surface area contributed by atoms with Crippen LogP contribution in [0.15, 0.2) is 67.0 Å². The van der Waals surface area contributed by atoms with Gasteiger partial charge in [0.1, 0.15) is 0 Å². The van der Waals surface area contributed by atoms with E-state index in [4.69, 9.17) is 17.3 Å². The van der Waals surface area contributed by atoms with Crippen LogP contribution in [0.4, 0.5) is 0 Å². The topological polar surface area (TPSA) is 30.9 Å². The molecule has 0 spiro atoms. The largest absolute Gasteiger partial charge is 0.350 e. The lowest BCUT2D eigenvalue weighted by Crippen LogP contribution is -1.99. The summed E-state index contributed by atoms with van der Waals surface area (Å²) in [5, 5.41) is 0.748. The molecule has 0 amide bonds. The molecule has 1 heterocycles. The van der Waals surface area contributed by atoms with Crippen LogP contribution >= 0.6 is 11.6 Å². The Hall–Kier alpha value is -2.03. The van der Waals surface area contributed by atoms with Gasteiger partial charge in [0.15, 0.2) is 0 Å². The summed E-state index contributed by atoms with van der Waals surface area (Å²) >= 11 is 6.43. The SMILES string of the molecule is NCc1ccc(-c2ccccc2Cn2cccc2)c(Cl)c1. The molecule has 0 saturated carbocycles. The molecule has 0 fully saturated rings. The van der Waals surface area contributed by atoms with Crippen LogP contribution in [0.3, 0.4) is 0 Å². The van der Waals surface area contributed by atoms with Gasteiger partial charge in [0.25, 0.3) is 0 Å². The molecule has 21 heavy (non-hydrogen) atoms. The third-order valence-electron chi connectivity index (χ3n) is 3.60. The van der Waals surface area contributed by atoms with E-state index in [1.807, 2.05) is 30.3 Å². The van der Waals surface area contributed by atoms with Gasteiger partial charge in [-0.05, 0) is 34.9 Å². The molecule has 0 saturated heterocycles. The van der Waals surface area contributed by atoms with Gasteiger partial charge in [-0.3, -0.25) is 0 Å². The highest BCUT2D eigenvalue weighted by Gasteiger charge is 2.09. The predicted molar refractivity (Wildman–Crippen MR) is 88.3 cm³/mol. The van der Waals surface area contributed by atoms with Gasteiger partial charge >= 0.3 is 0 Å². The quantitative estimate of drug-likeness (QED) is 0.764. The van der Waals surface area contributed by atoms with Crippen molar-refractivity contribution >= 4 is 11.6 Å². The average Bonchev–Trinajstić information content (AvgIpc) is 3.01. The van der Waals surface area contributed by atoms with Crippen molar-refractivity contribution in [3.63, 3.8) is 0 Å². The second-order valence-electron chi connectivity index (χ2n) is 5.03. The zero-order valence-corrected chi connectivity index (χ0v) is 12.4. The molecular weight excluding hydrogens is 280 g/mol. The van der Waals surface area contributed by atoms with E-state index in [1.54, 1.807) is 0 Å². The van der Waals surface area contributed by atoms with Gasteiger partial charge in [-0.25, -0.2) is 0 Å². The molecule has 2 aromatic carbocycles. The number of aromatic nitrogens is 1. The standard InChI is InChI=1S/C18H17ClN2/c19-18-11-14(12-20)7-8-17(18)16-6-2-1-5-15(16)13-21-9-3-4-10-21/h1-11H,12-13,20H2. The van der Waals surface area contributed by atoms with Crippen LogP contribution in [0.2, 0.25) is 5.02 Å². The summed E-state index contributed by atoms with van der Waals surface area (Å²) in [5.41, 5.74) is 10.2. The number of hydrogen-bond donors (Lipinski definition) is 1. The van der Waals surface area contributed by atoms with Gasteiger partial charge < -0.3 is 10.3 Å². The van der Waals surface area contributed by atoms with Gasteiger partial charge in [0.05, 0.1) is 0 Å². The second-order valence-corrected chi connectivity index (χ2v) is 5.44. The molecule has 0 bridgehead atoms. The molecule has 106 valence electrons. The zero-order chi connectivity index (χ0) is 14.7. The van der Waals surface area contributed by atoms with E-state index in [2.05, 4.69) is 41.2 Å². The van der Waals surface area contributed by atoms with Gasteiger partial charge in [-0.1, -0.05) is 48.0 Å². The van der Waals surface area contributed by atoms with Gasteiger partial charge in [0.2, 0.25) is 0 Å². The van der Waals surface area contributed by atoms with Crippen molar-refractivity contribution in [3.8, 4) is 11.1 Å². The lowest BCUT2D eigenvalue weighted by atomic mass is 9.98. The van der Waals surface area contributed by atoms with Crippen molar-refractivity contribution in [2.75, 3.05) is 0 Å². The smallest absolute Gasteiger partial charge is 0.0487 e. The van der Waals surface area contributed by atoms with Gasteiger partial charge in [-0.15, -0.1) is 0 Å². The minimum atomic E-state index is 0.505. The van der Waals surface area contributed by atoms with Crippen LogP contribution in [-0.2, 0) is 13.1 Å². The molecule has 2 N–H and O–H groups in total. The minimum absolute atomic E-state index is 0.505. The third-order valence-corrected chi connectivity index (χ3v) is 3.91. The number of benzene rings is 2. The first-order chi connectivity index (χ1) is 10.3. The number of nitrogens with two attached hydrogens (primary N) is 1. The Morgan fingerprint density at radius 2 is 1.67 bits per heavy atom. The fraction of sp³-hybridized carbons (Fsp3) is 0.111. The van der Waals surface area contributed by atoms with Crippen molar-refractivity contribution in [2.45, 2.75) is 13.1 Å². The summed E-state index contributed by atoms with van der Waals surface area (Å²) < 4.78 is 2.15. The molecular formula is C18H17ClN2. The van der Waals surface area contributed by atoms with E-state index >= 15 is 0 Å². The molecule has 1 aromatic heterocycles. The molecule has 3 heteroatoms. The number of rotatable bonds is 4. The molecule has 0 unspecified atom stereocenters. The Labute approximate surface area is 129 Å². The lowest BCUT2D eigenvalue weighted by molar-refractivity contribution is 0.808. The maximum atomic E-state index is 6.43. The van der Waals surface area contributed by atoms with E-state index in [0.29, 0.717) is 6.54 Å². The van der Waals surface area contributed by atoms with Crippen LogP contribution in [0.25, 0.3) is 11.1 Å². The summed E-state index contributed by atoms with van der Waals surface area (Å²) in [4.78, 5) is 0. The Kier molecular flexibility index (Phi) is 4.09. The highest BCUT2D eigenvalue weighted by molar-refractivity contribution is 6.33. The molecule has 2 nitrogen and oxygen atoms in total. The lowest BCUT2D eigenvalue weighted by Gasteiger charge is -2.13. The monoisotopic (exact) mass is 296 g/mol. The van der Waals surface area contributed by atoms with Gasteiger partial charge in [0, 0.05) is 36.1 Å². The zero-order valence-electron chi connectivity index (χ0n) is 11.7. The van der Waals surface area contributed by atoms with Crippen molar-refractivity contribution in [3.05, 3.63) is 83.1 Å². The van der Waals surface area contributed by atoms with E-state index in [1.165, 1.54) is 11.1 Å². The van der Waals surface area contributed by atoms with E-state index in [-0.39, 0.29) is 0 Å². The fourth-order valence-electron chi connectivity index (χ4n) is 2.50. The summed E-state index contributed by atoms with van der Waals surface area (Å²) in [7, 11) is 0. The molecule has 0 aliphatic heterocycles. The summed E-state index contributed by atoms with van der Waals surface area (Å²) in [6, 6.07) is 18.5. The van der Waals surface area contributed by atoms with Crippen molar-refractivity contribution in [1.29, 1.82) is 0 Å². The van der Waals surface area contributed by atoms with Crippen LogP contribution < -0.4 is 5.73 Å². The maximum Gasteiger partial charge on any atom is 0.0487 e. The normalized spacial score (nSPS) is 10.8. The molecule has 3 aromatic rings. The Morgan fingerprint density at radius 3 is 2.38 bits per heavy atom. The van der Waals surface area contributed by atoms with Gasteiger partial charge in [-0.2, -0.15) is 0 Å². The molecule has 0 radical (unpaired) electrons. The van der Waals surface area contributed by atoms with Crippen LogP contribution in [0, 0.1) is 0 Å².